The van der Waals surface area contributed by atoms with Crippen molar-refractivity contribution < 1.29 is 13.9 Å². The summed E-state index contributed by atoms with van der Waals surface area (Å²) in [5.74, 6) is 0.270. The van der Waals surface area contributed by atoms with Crippen LogP contribution in [0.15, 0.2) is 24.3 Å². The second-order valence-corrected chi connectivity index (χ2v) is 9.92. The van der Waals surface area contributed by atoms with Crippen LogP contribution in [0, 0.1) is 5.41 Å². The highest BCUT2D eigenvalue weighted by molar-refractivity contribution is 6.48. The normalized spacial score (nSPS) is 22.6. The van der Waals surface area contributed by atoms with Crippen molar-refractivity contribution in [1.29, 1.82) is 0 Å². The van der Waals surface area contributed by atoms with Gasteiger partial charge in [-0.3, -0.25) is 0 Å². The molecule has 0 aliphatic carbocycles. The third-order valence-electron chi connectivity index (χ3n) is 3.54. The molecule has 3 nitrogen and oxygen atoms in total. The molecule has 1 aromatic carbocycles. The summed E-state index contributed by atoms with van der Waals surface area (Å²) in [5.41, 5.74) is 1.09. The second-order valence-electron chi connectivity index (χ2n) is 7.55. The Bertz CT molecular complexity index is 491. The van der Waals surface area contributed by atoms with E-state index in [1.165, 1.54) is 0 Å². The summed E-state index contributed by atoms with van der Waals surface area (Å²) in [6.07, 6.45) is -0.0756. The van der Waals surface area contributed by atoms with Crippen molar-refractivity contribution in [1.82, 2.24) is 0 Å². The molecule has 1 aliphatic rings. The fourth-order valence-electron chi connectivity index (χ4n) is 2.71. The van der Waals surface area contributed by atoms with Gasteiger partial charge >= 0.3 is 0 Å². The molecule has 1 heterocycles. The minimum absolute atomic E-state index is 0.00245. The summed E-state index contributed by atoms with van der Waals surface area (Å²) in [6, 6.07) is 8.13. The first-order chi connectivity index (χ1) is 9.60. The topological polar surface area (TPSA) is 27.7 Å². The Balaban J connectivity index is 2.44. The van der Waals surface area contributed by atoms with Crippen LogP contribution in [-0.4, -0.2) is 20.9 Å². The Morgan fingerprint density at radius 3 is 2.38 bits per heavy atom. The van der Waals surface area contributed by atoms with Gasteiger partial charge in [-0.1, -0.05) is 39.0 Å². The minimum Gasteiger partial charge on any atom is -0.463 e. The Morgan fingerprint density at radius 1 is 1.19 bits per heavy atom. The monoisotopic (exact) mass is 308 g/mol. The maximum Gasteiger partial charge on any atom is 0.205 e. The SMILES string of the molecule is C[SiH](C)O[C@@H](C1OC(C)(C)Oc2ccccc21)C(C)(C)C. The predicted octanol–water partition coefficient (Wildman–Crippen LogP) is 4.29. The zero-order chi connectivity index (χ0) is 15.8. The molecule has 0 saturated heterocycles. The molecule has 0 saturated carbocycles. The zero-order valence-electron chi connectivity index (χ0n) is 14.3. The van der Waals surface area contributed by atoms with Gasteiger partial charge in [0.1, 0.15) is 11.9 Å². The molecule has 118 valence electrons. The minimum atomic E-state index is -1.18. The standard InChI is InChI=1S/C17H28O3Si/c1-16(2,3)15(20-21(6)7)14-12-10-8-9-11-13(12)18-17(4,5)19-14/h8-11,14-15,21H,1-7H3/t14?,15-/m0/s1. The fourth-order valence-corrected chi connectivity index (χ4v) is 3.85. The number of para-hydroxylation sites is 1. The summed E-state index contributed by atoms with van der Waals surface area (Å²) < 4.78 is 18.6. The van der Waals surface area contributed by atoms with Gasteiger partial charge in [0.15, 0.2) is 9.04 Å². The molecule has 0 spiro atoms. The number of fused-ring (bicyclic) bond motifs is 1. The van der Waals surface area contributed by atoms with E-state index in [0.29, 0.717) is 0 Å². The molecular formula is C17H28O3Si. The van der Waals surface area contributed by atoms with Crippen molar-refractivity contribution in [3.05, 3.63) is 29.8 Å². The summed E-state index contributed by atoms with van der Waals surface area (Å²) >= 11 is 0. The first-order valence-electron chi connectivity index (χ1n) is 7.71. The van der Waals surface area contributed by atoms with Crippen LogP contribution >= 0.6 is 0 Å². The van der Waals surface area contributed by atoms with Crippen LogP contribution in [0.3, 0.4) is 0 Å². The van der Waals surface area contributed by atoms with Crippen molar-refractivity contribution in [2.24, 2.45) is 5.41 Å². The van der Waals surface area contributed by atoms with E-state index in [0.717, 1.165) is 11.3 Å². The molecule has 0 bridgehead atoms. The second kappa shape index (κ2) is 5.74. The Morgan fingerprint density at radius 2 is 1.81 bits per heavy atom. The lowest BCUT2D eigenvalue weighted by atomic mass is 9.83. The summed E-state index contributed by atoms with van der Waals surface area (Å²) in [6.45, 7) is 15.0. The van der Waals surface area contributed by atoms with Crippen molar-refractivity contribution in [2.75, 3.05) is 0 Å². The van der Waals surface area contributed by atoms with Gasteiger partial charge in [0.25, 0.3) is 0 Å². The van der Waals surface area contributed by atoms with Gasteiger partial charge in [-0.05, 0) is 24.6 Å². The van der Waals surface area contributed by atoms with Crippen LogP contribution in [0.25, 0.3) is 0 Å². The van der Waals surface area contributed by atoms with Gasteiger partial charge in [-0.15, -0.1) is 0 Å². The molecule has 0 amide bonds. The van der Waals surface area contributed by atoms with Crippen LogP contribution in [-0.2, 0) is 9.16 Å². The van der Waals surface area contributed by atoms with Crippen LogP contribution in [0.1, 0.15) is 46.3 Å². The van der Waals surface area contributed by atoms with E-state index in [-0.39, 0.29) is 17.6 Å². The number of ether oxygens (including phenoxy) is 2. The third-order valence-corrected chi connectivity index (χ3v) is 4.38. The quantitative estimate of drug-likeness (QED) is 0.780. The van der Waals surface area contributed by atoms with Crippen LogP contribution in [0.5, 0.6) is 5.75 Å². The fraction of sp³-hybridized carbons (Fsp3) is 0.647. The van der Waals surface area contributed by atoms with Crippen molar-refractivity contribution in [3.63, 3.8) is 0 Å². The molecule has 1 unspecified atom stereocenters. The molecule has 1 aliphatic heterocycles. The summed E-state index contributed by atoms with van der Waals surface area (Å²) in [5, 5.41) is 0. The van der Waals surface area contributed by atoms with Gasteiger partial charge in [-0.2, -0.15) is 0 Å². The summed E-state index contributed by atoms with van der Waals surface area (Å²) in [7, 11) is -1.18. The number of hydrogen-bond donors (Lipinski definition) is 0. The Hall–Kier alpha value is -0.843. The van der Waals surface area contributed by atoms with Crippen LogP contribution in [0.4, 0.5) is 0 Å². The van der Waals surface area contributed by atoms with E-state index >= 15 is 0 Å². The summed E-state index contributed by atoms with van der Waals surface area (Å²) in [4.78, 5) is 0. The van der Waals surface area contributed by atoms with Gasteiger partial charge in [0.05, 0.1) is 6.10 Å². The number of benzene rings is 1. The van der Waals surface area contributed by atoms with Gasteiger partial charge < -0.3 is 13.9 Å². The lowest BCUT2D eigenvalue weighted by Crippen LogP contribution is -2.46. The molecule has 0 N–H and O–H groups in total. The smallest absolute Gasteiger partial charge is 0.205 e. The van der Waals surface area contributed by atoms with Crippen LogP contribution in [0.2, 0.25) is 13.1 Å². The molecule has 21 heavy (non-hydrogen) atoms. The lowest BCUT2D eigenvalue weighted by molar-refractivity contribution is -0.236. The average molecular weight is 308 g/mol. The van der Waals surface area contributed by atoms with Crippen molar-refractivity contribution in [3.8, 4) is 5.75 Å². The largest absolute Gasteiger partial charge is 0.463 e. The number of rotatable bonds is 3. The molecule has 0 fully saturated rings. The van der Waals surface area contributed by atoms with Gasteiger partial charge in [0.2, 0.25) is 5.79 Å². The highest BCUT2D eigenvalue weighted by Gasteiger charge is 2.43. The average Bonchev–Trinajstić information content (AvgIpc) is 2.32. The lowest BCUT2D eigenvalue weighted by Gasteiger charge is -2.45. The molecule has 0 radical (unpaired) electrons. The van der Waals surface area contributed by atoms with E-state index in [9.17, 15) is 0 Å². The predicted molar refractivity (Wildman–Crippen MR) is 88.2 cm³/mol. The molecule has 1 aromatic rings. The molecule has 0 aromatic heterocycles. The number of hydrogen-bond acceptors (Lipinski definition) is 3. The first kappa shape index (κ1) is 16.5. The first-order valence-corrected chi connectivity index (χ1v) is 10.5. The van der Waals surface area contributed by atoms with E-state index in [2.05, 4.69) is 39.9 Å². The van der Waals surface area contributed by atoms with E-state index < -0.39 is 14.8 Å². The third kappa shape index (κ3) is 3.87. The molecule has 2 rings (SSSR count). The van der Waals surface area contributed by atoms with Crippen molar-refractivity contribution in [2.45, 2.75) is 65.7 Å². The van der Waals surface area contributed by atoms with Gasteiger partial charge in [-0.25, -0.2) is 0 Å². The molecule has 2 atom stereocenters. The highest BCUT2D eigenvalue weighted by atomic mass is 28.3. The highest BCUT2D eigenvalue weighted by Crippen LogP contribution is 2.45. The van der Waals surface area contributed by atoms with E-state index in [1.54, 1.807) is 0 Å². The maximum atomic E-state index is 6.36. The van der Waals surface area contributed by atoms with Gasteiger partial charge in [0, 0.05) is 19.4 Å². The molecule has 4 heteroatoms. The van der Waals surface area contributed by atoms with Crippen LogP contribution < -0.4 is 4.74 Å². The zero-order valence-corrected chi connectivity index (χ0v) is 15.4. The van der Waals surface area contributed by atoms with Crippen molar-refractivity contribution >= 4 is 9.04 Å². The van der Waals surface area contributed by atoms with E-state index in [1.807, 2.05) is 32.0 Å². The maximum absolute atomic E-state index is 6.36. The molecular weight excluding hydrogens is 280 g/mol. The Labute approximate surface area is 130 Å². The Kier molecular flexibility index (Phi) is 4.52. The van der Waals surface area contributed by atoms with E-state index in [4.69, 9.17) is 13.9 Å².